The maximum atomic E-state index is 6.58. The zero-order chi connectivity index (χ0) is 34.6. The van der Waals surface area contributed by atoms with Gasteiger partial charge in [-0.2, -0.15) is 0 Å². The summed E-state index contributed by atoms with van der Waals surface area (Å²) < 4.78 is 9.11. The van der Waals surface area contributed by atoms with Crippen molar-refractivity contribution in [2.75, 3.05) is 4.90 Å². The largest absolute Gasteiger partial charge is 0.455 e. The molecule has 8 aromatic carbocycles. The van der Waals surface area contributed by atoms with E-state index in [2.05, 4.69) is 183 Å². The third kappa shape index (κ3) is 4.23. The van der Waals surface area contributed by atoms with Crippen molar-refractivity contribution in [1.29, 1.82) is 0 Å². The lowest BCUT2D eigenvalue weighted by Crippen LogP contribution is -2.16. The van der Waals surface area contributed by atoms with Gasteiger partial charge in [0.1, 0.15) is 11.2 Å². The monoisotopic (exact) mass is 683 g/mol. The molecule has 2 heterocycles. The normalized spacial score (nSPS) is 13.3. The van der Waals surface area contributed by atoms with Crippen molar-refractivity contribution in [2.45, 2.75) is 19.3 Å². The van der Waals surface area contributed by atoms with Gasteiger partial charge in [-0.15, -0.1) is 11.3 Å². The van der Waals surface area contributed by atoms with Crippen LogP contribution in [0.25, 0.3) is 75.1 Å². The van der Waals surface area contributed by atoms with Crippen molar-refractivity contribution in [3.63, 3.8) is 0 Å². The molecule has 2 nitrogen and oxygen atoms in total. The Balaban J connectivity index is 1.10. The Morgan fingerprint density at radius 2 is 1.17 bits per heavy atom. The highest BCUT2D eigenvalue weighted by atomic mass is 32.1. The molecule has 3 heteroatoms. The van der Waals surface area contributed by atoms with Crippen LogP contribution in [0.3, 0.4) is 0 Å². The van der Waals surface area contributed by atoms with E-state index in [1.807, 2.05) is 11.3 Å². The Hall–Kier alpha value is -6.16. The molecule has 11 rings (SSSR count). The number of anilines is 3. The van der Waals surface area contributed by atoms with Crippen LogP contribution in [0.4, 0.5) is 17.1 Å². The molecular formula is C49H33NOS. The first-order valence-corrected chi connectivity index (χ1v) is 18.7. The Morgan fingerprint density at radius 1 is 0.481 bits per heavy atom. The summed E-state index contributed by atoms with van der Waals surface area (Å²) in [6.45, 7) is 4.71. The third-order valence-corrected chi connectivity index (χ3v) is 12.4. The highest BCUT2D eigenvalue weighted by Gasteiger charge is 2.35. The molecule has 0 saturated heterocycles. The summed E-state index contributed by atoms with van der Waals surface area (Å²) in [5, 5.41) is 7.25. The van der Waals surface area contributed by atoms with Gasteiger partial charge in [0, 0.05) is 58.8 Å². The molecule has 246 valence electrons. The molecule has 0 spiro atoms. The molecule has 1 aliphatic rings. The Bertz CT molecular complexity index is 3040. The van der Waals surface area contributed by atoms with E-state index in [1.54, 1.807) is 0 Å². The molecular weight excluding hydrogens is 651 g/mol. The van der Waals surface area contributed by atoms with Crippen LogP contribution in [0.2, 0.25) is 0 Å². The topological polar surface area (TPSA) is 16.4 Å². The maximum Gasteiger partial charge on any atom is 0.143 e. The fourth-order valence-electron chi connectivity index (χ4n) is 8.70. The van der Waals surface area contributed by atoms with Gasteiger partial charge in [-0.3, -0.25) is 0 Å². The Kier molecular flexibility index (Phi) is 6.21. The van der Waals surface area contributed by atoms with E-state index in [0.717, 1.165) is 33.6 Å². The SMILES string of the molecule is CC1(C)c2ccccc2-c2ccc(N(c3ccc(-c4ccccc4)cc3)c3ccc4c(c3)sc3ccc5oc6c7ccccc7ccc6c5c34)cc21. The minimum Gasteiger partial charge on any atom is -0.455 e. The fourth-order valence-corrected chi connectivity index (χ4v) is 9.85. The molecule has 10 aromatic rings. The van der Waals surface area contributed by atoms with E-state index in [-0.39, 0.29) is 5.41 Å². The van der Waals surface area contributed by atoms with Crippen molar-refractivity contribution >= 4 is 81.3 Å². The summed E-state index contributed by atoms with van der Waals surface area (Å²) >= 11 is 1.86. The quantitative estimate of drug-likeness (QED) is 0.184. The first-order valence-electron chi connectivity index (χ1n) is 17.9. The van der Waals surface area contributed by atoms with Crippen LogP contribution in [0, 0.1) is 0 Å². The zero-order valence-electron chi connectivity index (χ0n) is 28.9. The van der Waals surface area contributed by atoms with Gasteiger partial charge in [0.05, 0.1) is 0 Å². The molecule has 2 aromatic heterocycles. The van der Waals surface area contributed by atoms with E-state index in [1.165, 1.54) is 69.7 Å². The fraction of sp³-hybridized carbons (Fsp3) is 0.0612. The number of rotatable bonds is 4. The number of thiophene rings is 1. The first-order chi connectivity index (χ1) is 25.5. The van der Waals surface area contributed by atoms with Crippen LogP contribution in [-0.4, -0.2) is 0 Å². The van der Waals surface area contributed by atoms with Crippen molar-refractivity contribution in [3.05, 3.63) is 175 Å². The lowest BCUT2D eigenvalue weighted by molar-refractivity contribution is 0.660. The van der Waals surface area contributed by atoms with E-state index >= 15 is 0 Å². The van der Waals surface area contributed by atoms with Crippen molar-refractivity contribution < 1.29 is 4.42 Å². The molecule has 0 radical (unpaired) electrons. The highest BCUT2D eigenvalue weighted by Crippen LogP contribution is 2.51. The van der Waals surface area contributed by atoms with Gasteiger partial charge in [0.2, 0.25) is 0 Å². The highest BCUT2D eigenvalue weighted by molar-refractivity contribution is 7.26. The van der Waals surface area contributed by atoms with E-state index in [4.69, 9.17) is 4.42 Å². The molecule has 0 unspecified atom stereocenters. The Labute approximate surface area is 305 Å². The molecule has 52 heavy (non-hydrogen) atoms. The summed E-state index contributed by atoms with van der Waals surface area (Å²) in [5.41, 5.74) is 13.1. The van der Waals surface area contributed by atoms with Crippen molar-refractivity contribution in [3.8, 4) is 22.3 Å². The van der Waals surface area contributed by atoms with E-state index in [9.17, 15) is 0 Å². The second-order valence-electron chi connectivity index (χ2n) is 14.5. The summed E-state index contributed by atoms with van der Waals surface area (Å²) in [7, 11) is 0. The Morgan fingerprint density at radius 3 is 2.06 bits per heavy atom. The number of furan rings is 1. The predicted octanol–water partition coefficient (Wildman–Crippen LogP) is 14.6. The minimum atomic E-state index is -0.0930. The van der Waals surface area contributed by atoms with Crippen LogP contribution in [0.5, 0.6) is 0 Å². The second-order valence-corrected chi connectivity index (χ2v) is 15.6. The standard InChI is InChI=1S/C49H33NOS/c1-49(2)41-15-9-8-14-37(41)38-24-21-34(28-42(38)49)50(33-19-16-31(17-20-33)30-10-4-3-5-11-30)35-22-25-39-45(29-35)52-44-27-26-43-46(47(39)44)40-23-18-32-12-6-7-13-36(32)48(40)51-43/h3-29H,1-2H3. The van der Waals surface area contributed by atoms with Crippen molar-refractivity contribution in [2.24, 2.45) is 0 Å². The molecule has 0 bridgehead atoms. The smallest absolute Gasteiger partial charge is 0.143 e. The average molecular weight is 684 g/mol. The summed E-state index contributed by atoms with van der Waals surface area (Å²) in [4.78, 5) is 2.42. The molecule has 0 amide bonds. The molecule has 0 N–H and O–H groups in total. The molecule has 0 aliphatic heterocycles. The van der Waals surface area contributed by atoms with Crippen LogP contribution < -0.4 is 4.90 Å². The van der Waals surface area contributed by atoms with E-state index in [0.29, 0.717) is 0 Å². The van der Waals surface area contributed by atoms with Gasteiger partial charge in [0.15, 0.2) is 0 Å². The second kappa shape index (κ2) is 10.9. The number of hydrogen-bond donors (Lipinski definition) is 0. The summed E-state index contributed by atoms with van der Waals surface area (Å²) in [6, 6.07) is 59.8. The lowest BCUT2D eigenvalue weighted by Gasteiger charge is -2.28. The van der Waals surface area contributed by atoms with Gasteiger partial charge in [0.25, 0.3) is 0 Å². The third-order valence-electron chi connectivity index (χ3n) is 11.3. The number of fused-ring (bicyclic) bond motifs is 12. The summed E-state index contributed by atoms with van der Waals surface area (Å²) in [6.07, 6.45) is 0. The molecule has 0 fully saturated rings. The van der Waals surface area contributed by atoms with Gasteiger partial charge >= 0.3 is 0 Å². The lowest BCUT2D eigenvalue weighted by atomic mass is 9.82. The molecule has 1 aliphatic carbocycles. The van der Waals surface area contributed by atoms with Gasteiger partial charge in [-0.25, -0.2) is 0 Å². The van der Waals surface area contributed by atoms with Crippen LogP contribution in [0.1, 0.15) is 25.0 Å². The van der Waals surface area contributed by atoms with Crippen molar-refractivity contribution in [1.82, 2.24) is 0 Å². The van der Waals surface area contributed by atoms with Crippen LogP contribution >= 0.6 is 11.3 Å². The van der Waals surface area contributed by atoms with Gasteiger partial charge in [-0.05, 0) is 93.4 Å². The number of nitrogens with zero attached hydrogens (tertiary/aromatic N) is 1. The molecule has 0 saturated carbocycles. The van der Waals surface area contributed by atoms with E-state index < -0.39 is 0 Å². The van der Waals surface area contributed by atoms with Crippen LogP contribution in [0.15, 0.2) is 168 Å². The van der Waals surface area contributed by atoms with Crippen LogP contribution in [-0.2, 0) is 5.41 Å². The average Bonchev–Trinajstić information content (AvgIpc) is 3.83. The zero-order valence-corrected chi connectivity index (χ0v) is 29.7. The predicted molar refractivity (Wildman–Crippen MR) is 222 cm³/mol. The van der Waals surface area contributed by atoms with Gasteiger partial charge < -0.3 is 9.32 Å². The molecule has 0 atom stereocenters. The summed E-state index contributed by atoms with van der Waals surface area (Å²) in [5.74, 6) is 0. The first kappa shape index (κ1) is 29.6. The van der Waals surface area contributed by atoms with Gasteiger partial charge in [-0.1, -0.05) is 123 Å². The number of benzene rings is 8. The number of hydrogen-bond acceptors (Lipinski definition) is 3. The maximum absolute atomic E-state index is 6.58. The minimum absolute atomic E-state index is 0.0930.